The quantitative estimate of drug-likeness (QED) is 0.556. The van der Waals surface area contributed by atoms with E-state index in [1.54, 1.807) is 11.4 Å². The molecule has 2 heterocycles. The lowest BCUT2D eigenvalue weighted by molar-refractivity contribution is -0.132. The number of carbonyl (C=O) groups excluding carboxylic acids is 2. The molecule has 6 nitrogen and oxygen atoms in total. The molecule has 2 amide bonds. The molecule has 0 saturated heterocycles. The number of hydrogen-bond donors (Lipinski definition) is 1. The zero-order valence-electron chi connectivity index (χ0n) is 18.6. The van der Waals surface area contributed by atoms with E-state index in [0.29, 0.717) is 36.0 Å². The van der Waals surface area contributed by atoms with Crippen molar-refractivity contribution in [2.24, 2.45) is 0 Å². The van der Waals surface area contributed by atoms with Gasteiger partial charge in [-0.3, -0.25) is 9.59 Å². The van der Waals surface area contributed by atoms with Crippen molar-refractivity contribution in [3.8, 4) is 5.75 Å². The maximum absolute atomic E-state index is 14.0. The first-order chi connectivity index (χ1) is 16.0. The van der Waals surface area contributed by atoms with Crippen LogP contribution in [0.15, 0.2) is 47.8 Å². The zero-order valence-corrected chi connectivity index (χ0v) is 19.5. The topological polar surface area (TPSA) is 71.5 Å². The Balaban J connectivity index is 1.60. The predicted molar refractivity (Wildman–Crippen MR) is 125 cm³/mol. The SMILES string of the molecule is CCNC(=O)c1csc(COc2ccc3c(c2)C(c2cccc(F)c2)N(C(=O)CC)CC3)n1. The van der Waals surface area contributed by atoms with Crippen LogP contribution in [0.1, 0.15) is 58.5 Å². The standard InChI is InChI=1S/C25H26FN3O3S/c1-3-23(30)29-11-10-16-8-9-19(13-20(16)24(29)17-6-5-7-18(26)12-17)32-14-22-28-21(15-33-22)25(31)27-4-2/h5-9,12-13,15,24H,3-4,10-11,14H2,1-2H3,(H,27,31). The summed E-state index contributed by atoms with van der Waals surface area (Å²) in [6.45, 7) is 5.05. The summed E-state index contributed by atoms with van der Waals surface area (Å²) < 4.78 is 20.0. The highest BCUT2D eigenvalue weighted by molar-refractivity contribution is 7.09. The Morgan fingerprint density at radius 3 is 2.85 bits per heavy atom. The molecule has 33 heavy (non-hydrogen) atoms. The first-order valence-electron chi connectivity index (χ1n) is 11.0. The summed E-state index contributed by atoms with van der Waals surface area (Å²) in [5, 5.41) is 5.14. The number of amides is 2. The summed E-state index contributed by atoms with van der Waals surface area (Å²) in [4.78, 5) is 30.8. The highest BCUT2D eigenvalue weighted by atomic mass is 32.1. The molecule has 8 heteroatoms. The van der Waals surface area contributed by atoms with Gasteiger partial charge in [-0.1, -0.05) is 25.1 Å². The maximum atomic E-state index is 14.0. The second-order valence-electron chi connectivity index (χ2n) is 7.78. The normalized spacial score (nSPS) is 15.1. The Kier molecular flexibility index (Phi) is 7.03. The molecule has 1 N–H and O–H groups in total. The van der Waals surface area contributed by atoms with Crippen molar-refractivity contribution < 1.29 is 18.7 Å². The van der Waals surface area contributed by atoms with Crippen LogP contribution in [0.4, 0.5) is 4.39 Å². The fourth-order valence-electron chi connectivity index (χ4n) is 4.07. The van der Waals surface area contributed by atoms with Crippen LogP contribution in [0.5, 0.6) is 5.75 Å². The van der Waals surface area contributed by atoms with Crippen molar-refractivity contribution in [1.29, 1.82) is 0 Å². The van der Waals surface area contributed by atoms with Gasteiger partial charge in [-0.05, 0) is 54.3 Å². The molecule has 0 fully saturated rings. The van der Waals surface area contributed by atoms with E-state index >= 15 is 0 Å². The second kappa shape index (κ2) is 10.1. The number of benzene rings is 2. The fraction of sp³-hybridized carbons (Fsp3) is 0.320. The monoisotopic (exact) mass is 467 g/mol. The minimum Gasteiger partial charge on any atom is -0.486 e. The Morgan fingerprint density at radius 2 is 2.09 bits per heavy atom. The molecule has 1 atom stereocenters. The van der Waals surface area contributed by atoms with E-state index < -0.39 is 0 Å². The van der Waals surface area contributed by atoms with Crippen LogP contribution in [-0.2, 0) is 17.8 Å². The molecular weight excluding hydrogens is 441 g/mol. The molecule has 0 radical (unpaired) electrons. The summed E-state index contributed by atoms with van der Waals surface area (Å²) >= 11 is 1.37. The highest BCUT2D eigenvalue weighted by Crippen LogP contribution is 2.37. The summed E-state index contributed by atoms with van der Waals surface area (Å²) in [6.07, 6.45) is 1.12. The van der Waals surface area contributed by atoms with E-state index in [-0.39, 0.29) is 30.3 Å². The molecule has 0 saturated carbocycles. The van der Waals surface area contributed by atoms with Crippen molar-refractivity contribution in [3.63, 3.8) is 0 Å². The summed E-state index contributed by atoms with van der Waals surface area (Å²) in [7, 11) is 0. The molecule has 172 valence electrons. The van der Waals surface area contributed by atoms with E-state index in [0.717, 1.165) is 23.1 Å². The van der Waals surface area contributed by atoms with E-state index in [1.165, 1.54) is 23.5 Å². The lowest BCUT2D eigenvalue weighted by atomic mass is 9.87. The van der Waals surface area contributed by atoms with Gasteiger partial charge in [-0.15, -0.1) is 11.3 Å². The predicted octanol–water partition coefficient (Wildman–Crippen LogP) is 4.50. The van der Waals surface area contributed by atoms with Gasteiger partial charge in [0.1, 0.15) is 28.9 Å². The smallest absolute Gasteiger partial charge is 0.270 e. The molecule has 1 aliphatic rings. The summed E-state index contributed by atoms with van der Waals surface area (Å²) in [6, 6.07) is 11.9. The Bertz CT molecular complexity index is 1160. The average molecular weight is 468 g/mol. The van der Waals surface area contributed by atoms with Crippen molar-refractivity contribution in [3.05, 3.63) is 81.1 Å². The number of halogens is 1. The van der Waals surface area contributed by atoms with E-state index in [1.807, 2.05) is 43.0 Å². The summed E-state index contributed by atoms with van der Waals surface area (Å²) in [5.41, 5.74) is 3.17. The molecule has 0 bridgehead atoms. The molecule has 1 aliphatic heterocycles. The van der Waals surface area contributed by atoms with Crippen molar-refractivity contribution in [2.75, 3.05) is 13.1 Å². The van der Waals surface area contributed by atoms with Crippen LogP contribution in [-0.4, -0.2) is 34.8 Å². The van der Waals surface area contributed by atoms with Gasteiger partial charge >= 0.3 is 0 Å². The van der Waals surface area contributed by atoms with Crippen LogP contribution < -0.4 is 10.1 Å². The van der Waals surface area contributed by atoms with Crippen molar-refractivity contribution >= 4 is 23.2 Å². The average Bonchev–Trinajstić information content (AvgIpc) is 3.31. The van der Waals surface area contributed by atoms with Crippen molar-refractivity contribution in [2.45, 2.75) is 39.3 Å². The first kappa shape index (κ1) is 22.9. The number of hydrogen-bond acceptors (Lipinski definition) is 5. The van der Waals surface area contributed by atoms with Gasteiger partial charge in [-0.2, -0.15) is 0 Å². The molecule has 0 spiro atoms. The molecule has 4 rings (SSSR count). The number of rotatable bonds is 7. The van der Waals surface area contributed by atoms with Gasteiger partial charge in [0.25, 0.3) is 5.91 Å². The number of nitrogens with one attached hydrogen (secondary N) is 1. The molecular formula is C25H26FN3O3S. The first-order valence-corrected chi connectivity index (χ1v) is 11.9. The van der Waals surface area contributed by atoms with Crippen LogP contribution in [0.25, 0.3) is 0 Å². The Morgan fingerprint density at radius 1 is 1.24 bits per heavy atom. The van der Waals surface area contributed by atoms with Gasteiger partial charge in [0, 0.05) is 24.9 Å². The molecule has 3 aromatic rings. The van der Waals surface area contributed by atoms with Crippen molar-refractivity contribution in [1.82, 2.24) is 15.2 Å². The van der Waals surface area contributed by atoms with Gasteiger partial charge < -0.3 is 15.0 Å². The minimum atomic E-state index is -0.371. The number of fused-ring (bicyclic) bond motifs is 1. The van der Waals surface area contributed by atoms with Gasteiger partial charge in [-0.25, -0.2) is 9.37 Å². The number of thiazole rings is 1. The minimum absolute atomic E-state index is 0.0295. The number of aromatic nitrogens is 1. The Labute approximate surface area is 196 Å². The van der Waals surface area contributed by atoms with Gasteiger partial charge in [0.15, 0.2) is 0 Å². The third-order valence-corrected chi connectivity index (χ3v) is 6.44. The molecule has 1 aromatic heterocycles. The fourth-order valence-corrected chi connectivity index (χ4v) is 4.75. The van der Waals surface area contributed by atoms with Crippen LogP contribution in [0, 0.1) is 5.82 Å². The lowest BCUT2D eigenvalue weighted by Gasteiger charge is -2.38. The second-order valence-corrected chi connectivity index (χ2v) is 8.73. The van der Waals surface area contributed by atoms with Gasteiger partial charge in [0.05, 0.1) is 6.04 Å². The molecule has 1 unspecified atom stereocenters. The molecule has 2 aromatic carbocycles. The van der Waals surface area contributed by atoms with E-state index in [9.17, 15) is 14.0 Å². The lowest BCUT2D eigenvalue weighted by Crippen LogP contribution is -2.40. The highest BCUT2D eigenvalue weighted by Gasteiger charge is 2.32. The number of ether oxygens (including phenoxy) is 1. The van der Waals surface area contributed by atoms with Crippen LogP contribution >= 0.6 is 11.3 Å². The van der Waals surface area contributed by atoms with Crippen LogP contribution in [0.2, 0.25) is 0 Å². The third-order valence-electron chi connectivity index (χ3n) is 5.62. The van der Waals surface area contributed by atoms with E-state index in [4.69, 9.17) is 4.74 Å². The number of carbonyl (C=O) groups is 2. The maximum Gasteiger partial charge on any atom is 0.270 e. The summed E-state index contributed by atoms with van der Waals surface area (Å²) in [5.74, 6) is 0.132. The largest absolute Gasteiger partial charge is 0.486 e. The number of nitrogens with zero attached hydrogens (tertiary/aromatic N) is 2. The van der Waals surface area contributed by atoms with E-state index in [2.05, 4.69) is 10.3 Å². The molecule has 0 aliphatic carbocycles. The van der Waals surface area contributed by atoms with Crippen LogP contribution in [0.3, 0.4) is 0 Å². The third kappa shape index (κ3) is 5.06. The zero-order chi connectivity index (χ0) is 23.4. The Hall–Kier alpha value is -3.26. The van der Waals surface area contributed by atoms with Gasteiger partial charge in [0.2, 0.25) is 5.91 Å².